The molecule has 0 aromatic rings. The highest BCUT2D eigenvalue weighted by atomic mass is 16.5. The average Bonchev–Trinajstić information content (AvgIpc) is 3.26. The summed E-state index contributed by atoms with van der Waals surface area (Å²) in [5.74, 6) is -0.549. The summed E-state index contributed by atoms with van der Waals surface area (Å²) in [5.41, 5.74) is 0. The summed E-state index contributed by atoms with van der Waals surface area (Å²) in [6.45, 7) is 6.33. The fourth-order valence-corrected chi connectivity index (χ4v) is 7.11. The number of hydrogen-bond acceptors (Lipinski definition) is 5. The maximum atomic E-state index is 13.2. The lowest BCUT2D eigenvalue weighted by atomic mass is 10.0. The Morgan fingerprint density at radius 1 is 0.484 bits per heavy atom. The van der Waals surface area contributed by atoms with Crippen molar-refractivity contribution in [2.75, 3.05) is 6.61 Å². The monoisotopic (exact) mass is 862 g/mol. The van der Waals surface area contributed by atoms with E-state index in [2.05, 4.69) is 86.8 Å². The number of carbonyl (C=O) groups excluding carboxylic acids is 2. The lowest BCUT2D eigenvalue weighted by Crippen LogP contribution is -2.46. The standard InChI is InChI=1S/C56H95NO5/c1-4-7-10-13-16-19-22-24-26-28-30-32-34-37-40-43-46-49-56(61)62-52(47-44-41-38-35-33-31-29-27-25-23-20-17-14-11-8-5-2)50-55(60)57-53(51-58)54(59)48-45-42-39-36-21-18-15-12-9-6-3/h11,14,16-17,19-20,23-27,29-33,52-54,58-59H,4-10,12-13,15,18,21-22,28,34-51H2,1-3H3,(H,57,60)/b14-11+,19-16-,20-17+,25-23+,26-24-,29-27+,32-30-,33-31+. The minimum absolute atomic E-state index is 0.0346. The fraction of sp³-hybridized carbons (Fsp3) is 0.679. The molecule has 0 aromatic heterocycles. The van der Waals surface area contributed by atoms with Gasteiger partial charge in [-0.05, 0) is 83.5 Å². The number of aliphatic hydroxyl groups is 2. The number of esters is 1. The summed E-state index contributed by atoms with van der Waals surface area (Å²) in [6, 6.07) is -0.725. The van der Waals surface area contributed by atoms with Crippen LogP contribution in [-0.4, -0.2) is 46.9 Å². The quantitative estimate of drug-likeness (QED) is 0.0245. The van der Waals surface area contributed by atoms with Gasteiger partial charge in [0.1, 0.15) is 6.10 Å². The van der Waals surface area contributed by atoms with Crippen LogP contribution < -0.4 is 5.32 Å². The molecule has 0 heterocycles. The first kappa shape index (κ1) is 58.8. The first-order valence-corrected chi connectivity index (χ1v) is 25.5. The maximum Gasteiger partial charge on any atom is 0.306 e. The maximum absolute atomic E-state index is 13.2. The molecule has 0 bridgehead atoms. The minimum atomic E-state index is -0.808. The van der Waals surface area contributed by atoms with Gasteiger partial charge < -0.3 is 20.3 Å². The second-order valence-corrected chi connectivity index (χ2v) is 17.0. The van der Waals surface area contributed by atoms with E-state index in [0.29, 0.717) is 19.3 Å². The lowest BCUT2D eigenvalue weighted by molar-refractivity contribution is -0.151. The third-order valence-electron chi connectivity index (χ3n) is 11.0. The molecule has 0 radical (unpaired) electrons. The van der Waals surface area contributed by atoms with Crippen LogP contribution in [0.5, 0.6) is 0 Å². The van der Waals surface area contributed by atoms with Gasteiger partial charge in [0.2, 0.25) is 5.91 Å². The molecule has 0 rings (SSSR count). The van der Waals surface area contributed by atoms with Crippen LogP contribution in [0.3, 0.4) is 0 Å². The van der Waals surface area contributed by atoms with Crippen LogP contribution in [0.4, 0.5) is 0 Å². The number of nitrogens with one attached hydrogen (secondary N) is 1. The molecule has 0 spiro atoms. The second-order valence-electron chi connectivity index (χ2n) is 17.0. The largest absolute Gasteiger partial charge is 0.462 e. The zero-order chi connectivity index (χ0) is 45.2. The van der Waals surface area contributed by atoms with Gasteiger partial charge >= 0.3 is 5.97 Å². The molecule has 0 saturated carbocycles. The summed E-state index contributed by atoms with van der Waals surface area (Å²) < 4.78 is 5.90. The van der Waals surface area contributed by atoms with Gasteiger partial charge in [0.15, 0.2) is 0 Å². The van der Waals surface area contributed by atoms with Crippen LogP contribution in [0.2, 0.25) is 0 Å². The minimum Gasteiger partial charge on any atom is -0.462 e. The zero-order valence-corrected chi connectivity index (χ0v) is 40.2. The number of rotatable bonds is 44. The molecule has 354 valence electrons. The number of ether oxygens (including phenoxy) is 1. The Morgan fingerprint density at radius 3 is 1.50 bits per heavy atom. The Balaban J connectivity index is 4.75. The van der Waals surface area contributed by atoms with E-state index in [0.717, 1.165) is 96.3 Å². The normalized spacial score (nSPS) is 14.1. The highest BCUT2D eigenvalue weighted by molar-refractivity contribution is 5.77. The van der Waals surface area contributed by atoms with Crippen LogP contribution in [0.15, 0.2) is 97.2 Å². The van der Waals surface area contributed by atoms with Crippen molar-refractivity contribution in [3.8, 4) is 0 Å². The molecule has 6 heteroatoms. The average molecular weight is 862 g/mol. The highest BCUT2D eigenvalue weighted by Gasteiger charge is 2.24. The first-order chi connectivity index (χ1) is 30.5. The van der Waals surface area contributed by atoms with Crippen molar-refractivity contribution in [2.45, 2.75) is 238 Å². The summed E-state index contributed by atoms with van der Waals surface area (Å²) in [7, 11) is 0. The molecule has 62 heavy (non-hydrogen) atoms. The van der Waals surface area contributed by atoms with Gasteiger partial charge in [-0.2, -0.15) is 0 Å². The van der Waals surface area contributed by atoms with Crippen LogP contribution in [0.25, 0.3) is 0 Å². The molecule has 0 fully saturated rings. The van der Waals surface area contributed by atoms with Crippen LogP contribution in [0, 0.1) is 0 Å². The molecule has 0 saturated heterocycles. The number of carbonyl (C=O) groups is 2. The van der Waals surface area contributed by atoms with Gasteiger partial charge in [-0.1, -0.05) is 221 Å². The molecule has 0 aliphatic heterocycles. The van der Waals surface area contributed by atoms with Crippen molar-refractivity contribution >= 4 is 11.9 Å². The molecule has 3 unspecified atom stereocenters. The van der Waals surface area contributed by atoms with Gasteiger partial charge in [-0.3, -0.25) is 9.59 Å². The molecular weight excluding hydrogens is 767 g/mol. The highest BCUT2D eigenvalue weighted by Crippen LogP contribution is 2.17. The third-order valence-corrected chi connectivity index (χ3v) is 11.0. The van der Waals surface area contributed by atoms with E-state index in [4.69, 9.17) is 4.74 Å². The topological polar surface area (TPSA) is 95.9 Å². The van der Waals surface area contributed by atoms with E-state index in [9.17, 15) is 19.8 Å². The van der Waals surface area contributed by atoms with Gasteiger partial charge in [-0.25, -0.2) is 0 Å². The Bertz CT molecular complexity index is 1240. The number of hydrogen-bond donors (Lipinski definition) is 3. The molecular formula is C56H95NO5. The van der Waals surface area contributed by atoms with E-state index < -0.39 is 18.2 Å². The van der Waals surface area contributed by atoms with Crippen molar-refractivity contribution < 1.29 is 24.5 Å². The Hall–Kier alpha value is -3.22. The number of aliphatic hydroxyl groups excluding tert-OH is 2. The number of allylic oxidation sites excluding steroid dienone is 16. The van der Waals surface area contributed by atoms with Crippen LogP contribution in [0.1, 0.15) is 220 Å². The van der Waals surface area contributed by atoms with Crippen molar-refractivity contribution in [2.24, 2.45) is 0 Å². The predicted octanol–water partition coefficient (Wildman–Crippen LogP) is 15.3. The number of amides is 1. The van der Waals surface area contributed by atoms with Gasteiger partial charge in [0.25, 0.3) is 0 Å². The van der Waals surface area contributed by atoms with Crippen molar-refractivity contribution in [1.82, 2.24) is 5.32 Å². The first-order valence-electron chi connectivity index (χ1n) is 25.5. The smallest absolute Gasteiger partial charge is 0.306 e. The summed E-state index contributed by atoms with van der Waals surface area (Å²) in [5, 5.41) is 23.7. The molecule has 0 aliphatic carbocycles. The molecule has 3 N–H and O–H groups in total. The van der Waals surface area contributed by atoms with Crippen molar-refractivity contribution in [1.29, 1.82) is 0 Å². The van der Waals surface area contributed by atoms with E-state index in [1.165, 1.54) is 77.0 Å². The number of unbranched alkanes of at least 4 members (excludes halogenated alkanes) is 20. The van der Waals surface area contributed by atoms with Crippen LogP contribution >= 0.6 is 0 Å². The Labute approximate surface area is 382 Å². The summed E-state index contributed by atoms with van der Waals surface area (Å²) in [4.78, 5) is 26.1. The van der Waals surface area contributed by atoms with Gasteiger partial charge in [-0.15, -0.1) is 0 Å². The summed E-state index contributed by atoms with van der Waals surface area (Å²) >= 11 is 0. The predicted molar refractivity (Wildman–Crippen MR) is 268 cm³/mol. The van der Waals surface area contributed by atoms with E-state index in [1.54, 1.807) is 0 Å². The van der Waals surface area contributed by atoms with Crippen molar-refractivity contribution in [3.05, 3.63) is 97.2 Å². The third kappa shape index (κ3) is 43.4. The summed E-state index contributed by atoms with van der Waals surface area (Å²) in [6.07, 6.45) is 64.6. The molecule has 0 aromatic carbocycles. The van der Waals surface area contributed by atoms with Crippen molar-refractivity contribution in [3.63, 3.8) is 0 Å². The van der Waals surface area contributed by atoms with Gasteiger partial charge in [0, 0.05) is 6.42 Å². The Morgan fingerprint density at radius 2 is 0.919 bits per heavy atom. The molecule has 1 amide bonds. The molecule has 0 aliphatic rings. The van der Waals surface area contributed by atoms with E-state index in [1.807, 2.05) is 36.5 Å². The van der Waals surface area contributed by atoms with E-state index in [-0.39, 0.29) is 24.9 Å². The van der Waals surface area contributed by atoms with Crippen LogP contribution in [-0.2, 0) is 14.3 Å². The SMILES string of the molecule is CCC/C=C/C=C/C=C/C=C/C=C/CCCCCC(CC(=O)NC(CO)C(O)CCCCCCCCCCCC)OC(=O)CCCCCC/C=C\C/C=C\C/C=C\CCCCC. The van der Waals surface area contributed by atoms with Gasteiger partial charge in [0.05, 0.1) is 25.2 Å². The second kappa shape index (κ2) is 48.8. The fourth-order valence-electron chi connectivity index (χ4n) is 7.11. The Kier molecular flexibility index (Phi) is 46.3. The zero-order valence-electron chi connectivity index (χ0n) is 40.2. The molecule has 6 nitrogen and oxygen atoms in total. The molecule has 3 atom stereocenters. The lowest BCUT2D eigenvalue weighted by Gasteiger charge is -2.24. The van der Waals surface area contributed by atoms with E-state index >= 15 is 0 Å².